The normalized spacial score (nSPS) is 11.9. The van der Waals surface area contributed by atoms with E-state index in [0.29, 0.717) is 18.8 Å². The van der Waals surface area contributed by atoms with Crippen LogP contribution in [0.25, 0.3) is 0 Å². The number of rotatable bonds is 10. The maximum Gasteiger partial charge on any atom is 1.00 e. The summed E-state index contributed by atoms with van der Waals surface area (Å²) in [5, 5.41) is 13.1. The molecule has 0 saturated carbocycles. The van der Waals surface area contributed by atoms with Crippen LogP contribution in [0, 0.1) is 25.2 Å². The van der Waals surface area contributed by atoms with Crippen LogP contribution in [0.2, 0.25) is 0 Å². The number of hydrogen-bond acceptors (Lipinski definition) is 7. The van der Waals surface area contributed by atoms with Crippen LogP contribution in [-0.2, 0) is 4.84 Å². The minimum absolute atomic E-state index is 0. The summed E-state index contributed by atoms with van der Waals surface area (Å²) in [5.41, 5.74) is 0.450. The van der Waals surface area contributed by atoms with Crippen molar-refractivity contribution in [3.05, 3.63) is 35.8 Å². The average molecular weight is 437 g/mol. The zero-order valence-electron chi connectivity index (χ0n) is 16.8. The Morgan fingerprint density at radius 1 is 1.07 bits per heavy atom. The monoisotopic (exact) mass is 436 g/mol. The standard InChI is InChI=1S/C19H22N2O3S2.2Na/c1-4-6-10-23-15-8-9-16(24-11-7-5-2)18-17(15)25-19(26-18)14(12-20)13-21-22-3;;/h8-9,13H,1-2,4-7,10-11H2,3H3;;/q-2;2*+1/b21-13+;;. The number of fused-ring (bicyclic) bond motifs is 1. The van der Waals surface area contributed by atoms with Crippen LogP contribution < -0.4 is 68.6 Å². The first kappa shape index (κ1) is 28.2. The maximum absolute atomic E-state index is 9.42. The summed E-state index contributed by atoms with van der Waals surface area (Å²) >= 11 is 3.00. The molecule has 0 amide bonds. The molecule has 1 aromatic rings. The molecule has 0 saturated heterocycles. The van der Waals surface area contributed by atoms with E-state index in [1.54, 1.807) is 0 Å². The Labute approximate surface area is 220 Å². The van der Waals surface area contributed by atoms with Crippen molar-refractivity contribution in [1.82, 2.24) is 0 Å². The maximum atomic E-state index is 9.42. The fourth-order valence-electron chi connectivity index (χ4n) is 2.06. The first-order valence-corrected chi connectivity index (χ1v) is 9.96. The third kappa shape index (κ3) is 8.16. The summed E-state index contributed by atoms with van der Waals surface area (Å²) in [7, 11) is 1.45. The predicted octanol–water partition coefficient (Wildman–Crippen LogP) is -0.754. The van der Waals surface area contributed by atoms with Gasteiger partial charge in [0, 0.05) is 0 Å². The fourth-order valence-corrected chi connectivity index (χ4v) is 4.61. The van der Waals surface area contributed by atoms with Crippen LogP contribution in [0.3, 0.4) is 0 Å². The van der Waals surface area contributed by atoms with Gasteiger partial charge < -0.3 is 28.2 Å². The second-order valence-corrected chi connectivity index (χ2v) is 7.57. The number of unbranched alkanes of at least 4 members (excludes halogenated alkanes) is 2. The largest absolute Gasteiger partial charge is 1.00 e. The molecule has 2 rings (SSSR count). The van der Waals surface area contributed by atoms with Crippen LogP contribution in [0.15, 0.2) is 36.9 Å². The van der Waals surface area contributed by atoms with E-state index in [2.05, 4.69) is 25.1 Å². The molecule has 5 nitrogen and oxygen atoms in total. The van der Waals surface area contributed by atoms with Gasteiger partial charge in [-0.05, 0) is 25.0 Å². The first-order chi connectivity index (χ1) is 12.7. The second-order valence-electron chi connectivity index (χ2n) is 5.27. The molecule has 0 fully saturated rings. The summed E-state index contributed by atoms with van der Waals surface area (Å²) in [6.45, 7) is 8.89. The molecule has 0 spiro atoms. The fraction of sp³-hybridized carbons (Fsp3) is 0.368. The van der Waals surface area contributed by atoms with E-state index in [0.717, 1.165) is 51.2 Å². The van der Waals surface area contributed by atoms with E-state index < -0.39 is 0 Å². The summed E-state index contributed by atoms with van der Waals surface area (Å²) in [6, 6.07) is 6.02. The van der Waals surface area contributed by atoms with Gasteiger partial charge in [0.2, 0.25) is 0 Å². The quantitative estimate of drug-likeness (QED) is 0.120. The Balaban J connectivity index is 0.00000364. The third-order valence-corrected chi connectivity index (χ3v) is 6.02. The van der Waals surface area contributed by atoms with Gasteiger partial charge in [-0.25, -0.2) is 0 Å². The molecule has 0 unspecified atom stereocenters. The van der Waals surface area contributed by atoms with Crippen molar-refractivity contribution >= 4 is 29.7 Å². The number of nitriles is 1. The zero-order chi connectivity index (χ0) is 18.8. The van der Waals surface area contributed by atoms with E-state index in [-0.39, 0.29) is 59.1 Å². The van der Waals surface area contributed by atoms with Crippen molar-refractivity contribution in [1.29, 1.82) is 5.26 Å². The third-order valence-electron chi connectivity index (χ3n) is 3.36. The van der Waals surface area contributed by atoms with E-state index in [1.165, 1.54) is 36.8 Å². The number of ether oxygens (including phenoxy) is 2. The predicted molar refractivity (Wildman–Crippen MR) is 106 cm³/mol. The van der Waals surface area contributed by atoms with Gasteiger partial charge in [0.15, 0.2) is 0 Å². The smallest absolute Gasteiger partial charge is 0.492 e. The minimum Gasteiger partial charge on any atom is -0.492 e. The molecule has 1 aromatic carbocycles. The molecule has 1 aliphatic rings. The molecule has 0 aliphatic carbocycles. The molecule has 0 bridgehead atoms. The van der Waals surface area contributed by atoms with E-state index >= 15 is 0 Å². The molecule has 0 atom stereocenters. The molecular formula is C19H22N2Na2O3S2. The van der Waals surface area contributed by atoms with Gasteiger partial charge in [-0.3, -0.25) is 0 Å². The molecule has 9 heteroatoms. The van der Waals surface area contributed by atoms with Gasteiger partial charge in [0.25, 0.3) is 0 Å². The zero-order valence-corrected chi connectivity index (χ0v) is 22.5. The van der Waals surface area contributed by atoms with Gasteiger partial charge in [0.05, 0.1) is 39.0 Å². The minimum atomic E-state index is 0. The average Bonchev–Trinajstić information content (AvgIpc) is 3.09. The first-order valence-electron chi connectivity index (χ1n) is 8.32. The molecule has 140 valence electrons. The van der Waals surface area contributed by atoms with Crippen molar-refractivity contribution < 1.29 is 73.4 Å². The van der Waals surface area contributed by atoms with Crippen molar-refractivity contribution in [3.63, 3.8) is 0 Å². The Morgan fingerprint density at radius 2 is 1.57 bits per heavy atom. The molecule has 1 aliphatic heterocycles. The number of hydrogen-bond donors (Lipinski definition) is 0. The molecule has 28 heavy (non-hydrogen) atoms. The summed E-state index contributed by atoms with van der Waals surface area (Å²) in [6.07, 6.45) is 4.86. The van der Waals surface area contributed by atoms with Crippen molar-refractivity contribution in [2.24, 2.45) is 5.16 Å². The molecule has 0 radical (unpaired) electrons. The number of nitrogens with zero attached hydrogens (tertiary/aromatic N) is 2. The molecule has 1 heterocycles. The Bertz CT molecular complexity index is 681. The van der Waals surface area contributed by atoms with Crippen LogP contribution in [0.1, 0.15) is 25.7 Å². The summed E-state index contributed by atoms with van der Waals surface area (Å²) in [4.78, 5) is 6.64. The van der Waals surface area contributed by atoms with E-state index in [9.17, 15) is 5.26 Å². The Hall–Kier alpha value is 0.220. The number of allylic oxidation sites excluding steroid dienone is 1. The van der Waals surface area contributed by atoms with Crippen LogP contribution in [0.4, 0.5) is 0 Å². The van der Waals surface area contributed by atoms with Gasteiger partial charge in [-0.1, -0.05) is 28.7 Å². The SMILES string of the molecule is [CH2-]CCCOc1ccc(OCCC[CH2-])c2c1SC(=C(C#N)/C=N/OC)S2.[Na+].[Na+]. The van der Waals surface area contributed by atoms with Gasteiger partial charge >= 0.3 is 59.1 Å². The van der Waals surface area contributed by atoms with Crippen molar-refractivity contribution in [3.8, 4) is 17.6 Å². The van der Waals surface area contributed by atoms with Gasteiger partial charge in [-0.15, -0.1) is 0 Å². The Morgan fingerprint density at radius 3 is 1.96 bits per heavy atom. The van der Waals surface area contributed by atoms with Crippen LogP contribution in [0.5, 0.6) is 11.5 Å². The number of oxime groups is 1. The summed E-state index contributed by atoms with van der Waals surface area (Å²) in [5.74, 6) is 1.60. The van der Waals surface area contributed by atoms with Crippen molar-refractivity contribution in [2.75, 3.05) is 20.3 Å². The molecular weight excluding hydrogens is 414 g/mol. The van der Waals surface area contributed by atoms with Crippen molar-refractivity contribution in [2.45, 2.75) is 35.5 Å². The summed E-state index contributed by atoms with van der Waals surface area (Å²) < 4.78 is 12.7. The van der Waals surface area contributed by atoms with E-state index in [1.807, 2.05) is 12.1 Å². The topological polar surface area (TPSA) is 63.8 Å². The van der Waals surface area contributed by atoms with E-state index in [4.69, 9.17) is 14.3 Å². The molecule has 0 aromatic heterocycles. The van der Waals surface area contributed by atoms with Gasteiger partial charge in [-0.2, -0.15) is 18.1 Å². The molecule has 0 N–H and O–H groups in total. The van der Waals surface area contributed by atoms with Crippen LogP contribution in [-0.4, -0.2) is 26.5 Å². The van der Waals surface area contributed by atoms with Crippen LogP contribution >= 0.6 is 23.5 Å². The second kappa shape index (κ2) is 16.0. The Kier molecular flexibility index (Phi) is 16.1. The number of benzene rings is 1. The van der Waals surface area contributed by atoms with Gasteiger partial charge in [0.1, 0.15) is 24.7 Å². The number of thioether (sulfide) groups is 2.